The van der Waals surface area contributed by atoms with Crippen molar-refractivity contribution in [1.29, 1.82) is 0 Å². The van der Waals surface area contributed by atoms with Crippen LogP contribution in [0.1, 0.15) is 17.3 Å². The Hall–Kier alpha value is -0.620. The van der Waals surface area contributed by atoms with E-state index in [9.17, 15) is 13.6 Å². The van der Waals surface area contributed by atoms with E-state index in [0.29, 0.717) is 5.56 Å². The number of Topliss-reactive ketones (excluding diaryl/α,β-unsaturated/α-hetero) is 1. The molecule has 0 spiro atoms. The second-order valence-corrected chi connectivity index (χ2v) is 4.99. The molecule has 1 aromatic carbocycles. The second-order valence-electron chi connectivity index (χ2n) is 3.22. The molecule has 0 aliphatic heterocycles. The Morgan fingerprint density at radius 1 is 1.47 bits per heavy atom. The first-order valence-corrected chi connectivity index (χ1v) is 6.87. The van der Waals surface area contributed by atoms with Crippen molar-refractivity contribution < 1.29 is 18.3 Å². The van der Waals surface area contributed by atoms with E-state index in [4.69, 9.17) is 0 Å². The van der Waals surface area contributed by atoms with Crippen molar-refractivity contribution in [3.8, 4) is 5.75 Å². The first-order chi connectivity index (χ1) is 7.97. The van der Waals surface area contributed by atoms with Crippen LogP contribution in [0, 0.1) is 0 Å². The third-order valence-electron chi connectivity index (χ3n) is 2.07. The van der Waals surface area contributed by atoms with Crippen LogP contribution in [0.25, 0.3) is 0 Å². The molecule has 1 aromatic rings. The Kier molecular flexibility index (Phi) is 5.39. The first kappa shape index (κ1) is 14.4. The van der Waals surface area contributed by atoms with Crippen LogP contribution in [0.15, 0.2) is 23.1 Å². The first-order valence-electron chi connectivity index (χ1n) is 4.73. The quantitative estimate of drug-likeness (QED) is 0.604. The van der Waals surface area contributed by atoms with Crippen molar-refractivity contribution in [2.24, 2.45) is 0 Å². The normalized spacial score (nSPS) is 12.6. The highest BCUT2D eigenvalue weighted by Gasteiger charge is 2.22. The van der Waals surface area contributed by atoms with E-state index in [2.05, 4.69) is 20.7 Å². The predicted molar refractivity (Wildman–Crippen MR) is 67.2 cm³/mol. The van der Waals surface area contributed by atoms with E-state index < -0.39 is 11.4 Å². The molecule has 2 nitrogen and oxygen atoms in total. The Balaban J connectivity index is 3.24. The number of benzene rings is 1. The number of carbonyl (C=O) groups is 1. The highest BCUT2D eigenvalue weighted by Crippen LogP contribution is 2.39. The Bertz CT molecular complexity index is 412. The molecule has 17 heavy (non-hydrogen) atoms. The molecule has 0 bridgehead atoms. The van der Waals surface area contributed by atoms with E-state index in [-0.39, 0.29) is 11.5 Å². The molecule has 0 fully saturated rings. The van der Waals surface area contributed by atoms with Crippen molar-refractivity contribution >= 4 is 33.5 Å². The maximum atomic E-state index is 12.3. The summed E-state index contributed by atoms with van der Waals surface area (Å²) in [4.78, 5) is 11.4. The molecule has 1 rings (SSSR count). The van der Waals surface area contributed by atoms with Gasteiger partial charge in [-0.1, -0.05) is 22.0 Å². The number of ketones is 1. The molecule has 6 heteroatoms. The molecule has 0 N–H and O–H groups in total. The van der Waals surface area contributed by atoms with Gasteiger partial charge in [0.15, 0.2) is 0 Å². The average molecular weight is 325 g/mol. The van der Waals surface area contributed by atoms with Gasteiger partial charge in [-0.15, -0.1) is 11.8 Å². The number of carbonyl (C=O) groups excluding carboxylic acids is 1. The smallest absolute Gasteiger partial charge is 0.387 e. The summed E-state index contributed by atoms with van der Waals surface area (Å²) in [6.45, 7) is -1.51. The van der Waals surface area contributed by atoms with Crippen LogP contribution in [0.3, 0.4) is 0 Å². The lowest BCUT2D eigenvalue weighted by molar-refractivity contribution is -0.116. The minimum absolute atomic E-state index is 0.0314. The van der Waals surface area contributed by atoms with Gasteiger partial charge in [0.1, 0.15) is 16.4 Å². The van der Waals surface area contributed by atoms with Crippen molar-refractivity contribution in [2.45, 2.75) is 23.3 Å². The lowest BCUT2D eigenvalue weighted by atomic mass is 10.1. The second kappa shape index (κ2) is 6.35. The fraction of sp³-hybridized carbons (Fsp3) is 0.364. The SMILES string of the molecule is CSc1cccc(OC(F)F)c1C(Br)C(C)=O. The molecule has 0 heterocycles. The van der Waals surface area contributed by atoms with Crippen LogP contribution in [0.5, 0.6) is 5.75 Å². The van der Waals surface area contributed by atoms with Gasteiger partial charge in [0.25, 0.3) is 0 Å². The lowest BCUT2D eigenvalue weighted by Gasteiger charge is -2.16. The maximum absolute atomic E-state index is 12.3. The number of hydrogen-bond donors (Lipinski definition) is 0. The Morgan fingerprint density at radius 2 is 2.12 bits per heavy atom. The number of hydrogen-bond acceptors (Lipinski definition) is 3. The van der Waals surface area contributed by atoms with Gasteiger partial charge in [-0.3, -0.25) is 4.79 Å². The number of ether oxygens (including phenoxy) is 1. The highest BCUT2D eigenvalue weighted by molar-refractivity contribution is 9.09. The van der Waals surface area contributed by atoms with Gasteiger partial charge in [-0.25, -0.2) is 0 Å². The fourth-order valence-electron chi connectivity index (χ4n) is 1.35. The zero-order valence-electron chi connectivity index (χ0n) is 9.25. The molecule has 94 valence electrons. The molecule has 0 aliphatic carbocycles. The summed E-state index contributed by atoms with van der Waals surface area (Å²) in [5, 5.41) is 0. The summed E-state index contributed by atoms with van der Waals surface area (Å²) < 4.78 is 29.0. The van der Waals surface area contributed by atoms with E-state index in [1.54, 1.807) is 12.1 Å². The van der Waals surface area contributed by atoms with Crippen molar-refractivity contribution in [2.75, 3.05) is 6.26 Å². The largest absolute Gasteiger partial charge is 0.434 e. The van der Waals surface area contributed by atoms with Crippen LogP contribution < -0.4 is 4.74 Å². The minimum atomic E-state index is -2.91. The summed E-state index contributed by atoms with van der Waals surface area (Å²) in [5.41, 5.74) is 0.452. The molecule has 0 saturated carbocycles. The molecular formula is C11H11BrF2O2S. The summed E-state index contributed by atoms with van der Waals surface area (Å²) in [5.74, 6) is -0.130. The standard InChI is InChI=1S/C11H11BrF2O2S/c1-6(15)10(12)9-7(16-11(13)14)4-3-5-8(9)17-2/h3-5,10-11H,1-2H3. The van der Waals surface area contributed by atoms with Gasteiger partial charge in [0.05, 0.1) is 0 Å². The van der Waals surface area contributed by atoms with Crippen molar-refractivity contribution in [3.05, 3.63) is 23.8 Å². The number of alkyl halides is 3. The molecule has 0 aliphatic rings. The minimum Gasteiger partial charge on any atom is -0.434 e. The van der Waals surface area contributed by atoms with Crippen LogP contribution >= 0.6 is 27.7 Å². The Labute approximate surface area is 111 Å². The number of halogens is 3. The number of thioether (sulfide) groups is 1. The van der Waals surface area contributed by atoms with E-state index in [1.165, 1.54) is 24.8 Å². The summed E-state index contributed by atoms with van der Waals surface area (Å²) in [6, 6.07) is 4.81. The average Bonchev–Trinajstić information content (AvgIpc) is 2.26. The summed E-state index contributed by atoms with van der Waals surface area (Å²) in [7, 11) is 0. The summed E-state index contributed by atoms with van der Waals surface area (Å²) >= 11 is 4.57. The topological polar surface area (TPSA) is 26.3 Å². The molecule has 0 saturated heterocycles. The third-order valence-corrected chi connectivity index (χ3v) is 3.97. The van der Waals surface area contributed by atoms with Gasteiger partial charge in [0.2, 0.25) is 0 Å². The van der Waals surface area contributed by atoms with E-state index in [0.717, 1.165) is 4.90 Å². The highest BCUT2D eigenvalue weighted by atomic mass is 79.9. The zero-order valence-corrected chi connectivity index (χ0v) is 11.6. The Morgan fingerprint density at radius 3 is 2.59 bits per heavy atom. The van der Waals surface area contributed by atoms with Crippen LogP contribution in [-0.2, 0) is 4.79 Å². The maximum Gasteiger partial charge on any atom is 0.387 e. The van der Waals surface area contributed by atoms with Gasteiger partial charge in [-0.05, 0) is 25.3 Å². The molecule has 0 radical (unpaired) electrons. The predicted octanol–water partition coefficient (Wildman–Crippen LogP) is 4.03. The van der Waals surface area contributed by atoms with Crippen LogP contribution in [-0.4, -0.2) is 18.7 Å². The molecule has 1 atom stereocenters. The van der Waals surface area contributed by atoms with Gasteiger partial charge >= 0.3 is 6.61 Å². The molecule has 1 unspecified atom stereocenters. The number of rotatable bonds is 5. The third kappa shape index (κ3) is 3.67. The van der Waals surface area contributed by atoms with Crippen LogP contribution in [0.4, 0.5) is 8.78 Å². The lowest BCUT2D eigenvalue weighted by Crippen LogP contribution is -2.09. The molecule has 0 amide bonds. The fourth-order valence-corrected chi connectivity index (χ4v) is 2.63. The van der Waals surface area contributed by atoms with Crippen molar-refractivity contribution in [1.82, 2.24) is 0 Å². The van der Waals surface area contributed by atoms with Gasteiger partial charge in [0, 0.05) is 10.5 Å². The van der Waals surface area contributed by atoms with E-state index >= 15 is 0 Å². The van der Waals surface area contributed by atoms with Gasteiger partial charge in [-0.2, -0.15) is 8.78 Å². The summed E-state index contributed by atoms with van der Waals surface area (Å²) in [6.07, 6.45) is 1.81. The van der Waals surface area contributed by atoms with E-state index in [1.807, 2.05) is 6.26 Å². The zero-order chi connectivity index (χ0) is 13.0. The molecular weight excluding hydrogens is 314 g/mol. The van der Waals surface area contributed by atoms with Crippen molar-refractivity contribution in [3.63, 3.8) is 0 Å². The monoisotopic (exact) mass is 324 g/mol. The molecule has 0 aromatic heterocycles. The van der Waals surface area contributed by atoms with Crippen LogP contribution in [0.2, 0.25) is 0 Å². The van der Waals surface area contributed by atoms with Gasteiger partial charge < -0.3 is 4.74 Å².